The molecule has 0 heteroatoms. The van der Waals surface area contributed by atoms with Crippen LogP contribution >= 0.6 is 0 Å². The Morgan fingerprint density at radius 2 is 0.651 bits per heavy atom. The smallest absolute Gasteiger partial charge is 0.0316 e. The standard InChI is InChI=1S/C43H80/c1-8-10-11-12-13-15-18-21-24-31-40(4)32-25-22-19-16-14-17-20-23-26-33-41(5)35-29-36-43(7)38-37-42(6)34-28-27-30-39(3)9-2/h10-11,15,17-20,22,39-43H,8-9,12-14,16,21,23-38H2,1-7H3/b11-10-,18-15-,20-17-,22-19-. The molecule has 5 unspecified atom stereocenters. The van der Waals surface area contributed by atoms with E-state index in [0.29, 0.717) is 0 Å². The van der Waals surface area contributed by atoms with Gasteiger partial charge in [0.15, 0.2) is 0 Å². The Kier molecular flexibility index (Phi) is 31.6. The quantitative estimate of drug-likeness (QED) is 0.0551. The van der Waals surface area contributed by atoms with Gasteiger partial charge in [0.25, 0.3) is 0 Å². The Hall–Kier alpha value is -1.04. The first kappa shape index (κ1) is 42.0. The Bertz CT molecular complexity index is 664. The van der Waals surface area contributed by atoms with Crippen LogP contribution in [0.25, 0.3) is 0 Å². The van der Waals surface area contributed by atoms with E-state index in [0.717, 1.165) is 36.0 Å². The van der Waals surface area contributed by atoms with Gasteiger partial charge in [0, 0.05) is 0 Å². The SMILES string of the molecule is CC/C=C\CC/C=C\CCCC(C)CC/C=C\CC/C=C\CCCC(C)CCCC(C)CCC(C)CCCCC(C)CC. The average Bonchev–Trinajstić information content (AvgIpc) is 2.99. The van der Waals surface area contributed by atoms with Crippen LogP contribution in [-0.4, -0.2) is 0 Å². The molecule has 0 fully saturated rings. The second-order valence-electron chi connectivity index (χ2n) is 14.6. The highest BCUT2D eigenvalue weighted by molar-refractivity contribution is 4.89. The lowest BCUT2D eigenvalue weighted by atomic mass is 9.89. The van der Waals surface area contributed by atoms with E-state index in [9.17, 15) is 0 Å². The lowest BCUT2D eigenvalue weighted by Gasteiger charge is -2.17. The maximum absolute atomic E-state index is 2.50. The molecule has 0 spiro atoms. The minimum atomic E-state index is 0.851. The van der Waals surface area contributed by atoms with Crippen molar-refractivity contribution in [2.45, 2.75) is 196 Å². The molecule has 0 bridgehead atoms. The summed E-state index contributed by atoms with van der Waals surface area (Å²) in [6.45, 7) is 16.8. The van der Waals surface area contributed by atoms with Gasteiger partial charge in [-0.2, -0.15) is 0 Å². The monoisotopic (exact) mass is 597 g/mol. The fraction of sp³-hybridized carbons (Fsp3) is 0.814. The molecule has 0 aromatic rings. The van der Waals surface area contributed by atoms with Crippen molar-refractivity contribution in [1.29, 1.82) is 0 Å². The van der Waals surface area contributed by atoms with Crippen molar-refractivity contribution in [3.8, 4) is 0 Å². The Morgan fingerprint density at radius 1 is 0.302 bits per heavy atom. The molecule has 0 aliphatic heterocycles. The first-order valence-electron chi connectivity index (χ1n) is 19.5. The van der Waals surface area contributed by atoms with Crippen LogP contribution in [0.2, 0.25) is 0 Å². The third-order valence-corrected chi connectivity index (χ3v) is 9.75. The highest BCUT2D eigenvalue weighted by Crippen LogP contribution is 2.24. The summed E-state index contributed by atoms with van der Waals surface area (Å²) < 4.78 is 0. The Labute approximate surface area is 273 Å². The van der Waals surface area contributed by atoms with Gasteiger partial charge >= 0.3 is 0 Å². The summed E-state index contributed by atoms with van der Waals surface area (Å²) in [6.07, 6.45) is 49.8. The summed E-state index contributed by atoms with van der Waals surface area (Å²) in [6, 6.07) is 0. The lowest BCUT2D eigenvalue weighted by molar-refractivity contribution is 0.361. The molecule has 0 saturated carbocycles. The van der Waals surface area contributed by atoms with Crippen molar-refractivity contribution >= 4 is 0 Å². The van der Waals surface area contributed by atoms with E-state index in [1.165, 1.54) is 141 Å². The van der Waals surface area contributed by atoms with Gasteiger partial charge in [-0.3, -0.25) is 0 Å². The van der Waals surface area contributed by atoms with Crippen LogP contribution < -0.4 is 0 Å². The zero-order valence-corrected chi connectivity index (χ0v) is 30.8. The maximum atomic E-state index is 2.50. The van der Waals surface area contributed by atoms with Crippen LogP contribution in [0, 0.1) is 29.6 Å². The molecule has 0 radical (unpaired) electrons. The van der Waals surface area contributed by atoms with Gasteiger partial charge in [0.1, 0.15) is 0 Å². The zero-order valence-electron chi connectivity index (χ0n) is 30.8. The zero-order chi connectivity index (χ0) is 31.8. The minimum absolute atomic E-state index is 0.851. The fourth-order valence-electron chi connectivity index (χ4n) is 6.08. The van der Waals surface area contributed by atoms with Crippen LogP contribution in [0.15, 0.2) is 48.6 Å². The second-order valence-corrected chi connectivity index (χ2v) is 14.6. The molecule has 0 aromatic carbocycles. The van der Waals surface area contributed by atoms with Gasteiger partial charge < -0.3 is 0 Å². The molecule has 43 heavy (non-hydrogen) atoms. The molecular formula is C43H80. The van der Waals surface area contributed by atoms with Gasteiger partial charge in [-0.05, 0) is 100 Å². The molecule has 5 atom stereocenters. The summed E-state index contributed by atoms with van der Waals surface area (Å²) in [7, 11) is 0. The van der Waals surface area contributed by atoms with E-state index >= 15 is 0 Å². The maximum Gasteiger partial charge on any atom is -0.0316 e. The topological polar surface area (TPSA) is 0 Å². The molecule has 0 saturated heterocycles. The van der Waals surface area contributed by atoms with Crippen LogP contribution in [0.5, 0.6) is 0 Å². The average molecular weight is 597 g/mol. The number of hydrogen-bond acceptors (Lipinski definition) is 0. The van der Waals surface area contributed by atoms with Crippen LogP contribution in [0.3, 0.4) is 0 Å². The van der Waals surface area contributed by atoms with E-state index in [2.05, 4.69) is 97.1 Å². The summed E-state index contributed by atoms with van der Waals surface area (Å²) in [5, 5.41) is 0. The van der Waals surface area contributed by atoms with Gasteiger partial charge in [-0.25, -0.2) is 0 Å². The van der Waals surface area contributed by atoms with Crippen molar-refractivity contribution in [3.05, 3.63) is 48.6 Å². The predicted octanol–water partition coefficient (Wildman–Crippen LogP) is 15.4. The van der Waals surface area contributed by atoms with Gasteiger partial charge in [-0.1, -0.05) is 174 Å². The van der Waals surface area contributed by atoms with Gasteiger partial charge in [0.2, 0.25) is 0 Å². The molecule has 0 nitrogen and oxygen atoms in total. The normalized spacial score (nSPS) is 16.2. The lowest BCUT2D eigenvalue weighted by Crippen LogP contribution is -2.03. The molecule has 252 valence electrons. The Balaban J connectivity index is 3.59. The molecule has 0 aliphatic rings. The second kappa shape index (κ2) is 32.4. The van der Waals surface area contributed by atoms with Crippen LogP contribution in [0.4, 0.5) is 0 Å². The highest BCUT2D eigenvalue weighted by Gasteiger charge is 2.09. The minimum Gasteiger partial charge on any atom is -0.0888 e. The van der Waals surface area contributed by atoms with E-state index in [1.807, 2.05) is 0 Å². The van der Waals surface area contributed by atoms with Gasteiger partial charge in [0.05, 0.1) is 0 Å². The van der Waals surface area contributed by atoms with Crippen LogP contribution in [-0.2, 0) is 0 Å². The molecule has 0 rings (SSSR count). The predicted molar refractivity (Wildman–Crippen MR) is 200 cm³/mol. The first-order chi connectivity index (χ1) is 20.9. The number of allylic oxidation sites excluding steroid dienone is 8. The third-order valence-electron chi connectivity index (χ3n) is 9.75. The van der Waals surface area contributed by atoms with E-state index in [1.54, 1.807) is 0 Å². The van der Waals surface area contributed by atoms with Crippen molar-refractivity contribution in [3.63, 3.8) is 0 Å². The number of rotatable bonds is 31. The summed E-state index contributed by atoms with van der Waals surface area (Å²) in [4.78, 5) is 0. The Morgan fingerprint density at radius 3 is 1.14 bits per heavy atom. The molecule has 0 aliphatic carbocycles. The van der Waals surface area contributed by atoms with E-state index in [-0.39, 0.29) is 0 Å². The van der Waals surface area contributed by atoms with Crippen molar-refractivity contribution < 1.29 is 0 Å². The third kappa shape index (κ3) is 32.2. The summed E-state index contributed by atoms with van der Waals surface area (Å²) in [5.41, 5.74) is 0. The largest absolute Gasteiger partial charge is 0.0888 e. The molecule has 0 amide bonds. The number of hydrogen-bond donors (Lipinski definition) is 0. The molecule has 0 heterocycles. The first-order valence-corrected chi connectivity index (χ1v) is 19.5. The van der Waals surface area contributed by atoms with E-state index < -0.39 is 0 Å². The highest BCUT2D eigenvalue weighted by atomic mass is 14.1. The molecular weight excluding hydrogens is 516 g/mol. The van der Waals surface area contributed by atoms with Crippen molar-refractivity contribution in [1.82, 2.24) is 0 Å². The summed E-state index contributed by atoms with van der Waals surface area (Å²) in [5.74, 6) is 4.50. The summed E-state index contributed by atoms with van der Waals surface area (Å²) >= 11 is 0. The van der Waals surface area contributed by atoms with E-state index in [4.69, 9.17) is 0 Å². The number of unbranched alkanes of at least 4 members (excludes halogenated alkanes) is 5. The molecule has 0 N–H and O–H groups in total. The fourth-order valence-corrected chi connectivity index (χ4v) is 6.08. The van der Waals surface area contributed by atoms with Crippen LogP contribution in [0.1, 0.15) is 196 Å². The van der Waals surface area contributed by atoms with Crippen molar-refractivity contribution in [2.24, 2.45) is 29.6 Å². The van der Waals surface area contributed by atoms with Gasteiger partial charge in [-0.15, -0.1) is 0 Å². The molecule has 0 aromatic heterocycles. The van der Waals surface area contributed by atoms with Crippen molar-refractivity contribution in [2.75, 3.05) is 0 Å².